The molecule has 0 fully saturated rings. The summed E-state index contributed by atoms with van der Waals surface area (Å²) < 4.78 is 18.7. The first-order valence-corrected chi connectivity index (χ1v) is 7.39. The summed E-state index contributed by atoms with van der Waals surface area (Å²) in [5, 5.41) is 8.77. The van der Waals surface area contributed by atoms with Crippen molar-refractivity contribution in [1.29, 1.82) is 0 Å². The number of hydrogen-bond acceptors (Lipinski definition) is 3. The Labute approximate surface area is 126 Å². The Morgan fingerprint density at radius 1 is 1.33 bits per heavy atom. The Kier molecular flexibility index (Phi) is 8.68. The summed E-state index contributed by atoms with van der Waals surface area (Å²) in [6.45, 7) is 7.94. The Morgan fingerprint density at radius 2 is 2.14 bits per heavy atom. The predicted octanol–water partition coefficient (Wildman–Crippen LogP) is 2.42. The van der Waals surface area contributed by atoms with Gasteiger partial charge in [0.05, 0.1) is 13.2 Å². The molecule has 0 aromatic heterocycles. The lowest BCUT2D eigenvalue weighted by molar-refractivity contribution is 0.113. The van der Waals surface area contributed by atoms with Crippen molar-refractivity contribution in [3.05, 3.63) is 35.1 Å². The number of hydrogen-bond donors (Lipinski definition) is 1. The second kappa shape index (κ2) is 10.3. The summed E-state index contributed by atoms with van der Waals surface area (Å²) in [6, 6.07) is 4.70. The van der Waals surface area contributed by atoms with Crippen LogP contribution in [0.4, 0.5) is 4.39 Å². The SMILES string of the molecule is CCOCCN(CC)Cc1ccc(F)cc1C#CCCO. The Hall–Kier alpha value is -1.41. The van der Waals surface area contributed by atoms with Gasteiger partial charge in [-0.15, -0.1) is 0 Å². The molecule has 0 atom stereocenters. The summed E-state index contributed by atoms with van der Waals surface area (Å²) in [7, 11) is 0. The van der Waals surface area contributed by atoms with Crippen LogP contribution in [0.3, 0.4) is 0 Å². The highest BCUT2D eigenvalue weighted by Gasteiger charge is 2.08. The van der Waals surface area contributed by atoms with Crippen LogP contribution in [0.15, 0.2) is 18.2 Å². The summed E-state index contributed by atoms with van der Waals surface area (Å²) in [5.41, 5.74) is 1.69. The summed E-state index contributed by atoms with van der Waals surface area (Å²) in [6.07, 6.45) is 0.401. The molecule has 0 amide bonds. The van der Waals surface area contributed by atoms with Gasteiger partial charge in [0.2, 0.25) is 0 Å². The highest BCUT2D eigenvalue weighted by atomic mass is 19.1. The minimum absolute atomic E-state index is 0.0209. The number of rotatable bonds is 8. The Bertz CT molecular complexity index is 479. The van der Waals surface area contributed by atoms with Crippen LogP contribution < -0.4 is 0 Å². The first-order valence-electron chi connectivity index (χ1n) is 7.39. The minimum atomic E-state index is -0.288. The molecule has 3 nitrogen and oxygen atoms in total. The number of aliphatic hydroxyl groups is 1. The van der Waals surface area contributed by atoms with Crippen molar-refractivity contribution in [1.82, 2.24) is 4.90 Å². The van der Waals surface area contributed by atoms with E-state index < -0.39 is 0 Å². The van der Waals surface area contributed by atoms with Crippen molar-refractivity contribution in [2.75, 3.05) is 32.9 Å². The van der Waals surface area contributed by atoms with Crippen molar-refractivity contribution in [3.63, 3.8) is 0 Å². The van der Waals surface area contributed by atoms with Gasteiger partial charge in [-0.2, -0.15) is 0 Å². The molecule has 0 saturated heterocycles. The third-order valence-electron chi connectivity index (χ3n) is 3.13. The van der Waals surface area contributed by atoms with Crippen LogP contribution in [0.5, 0.6) is 0 Å². The van der Waals surface area contributed by atoms with Crippen LogP contribution in [-0.2, 0) is 11.3 Å². The van der Waals surface area contributed by atoms with E-state index in [1.807, 2.05) is 6.92 Å². The molecule has 1 N–H and O–H groups in total. The molecule has 0 bridgehead atoms. The fourth-order valence-corrected chi connectivity index (χ4v) is 1.94. The smallest absolute Gasteiger partial charge is 0.124 e. The zero-order valence-corrected chi connectivity index (χ0v) is 12.9. The van der Waals surface area contributed by atoms with Crippen LogP contribution in [0, 0.1) is 17.7 Å². The van der Waals surface area contributed by atoms with Crippen molar-refractivity contribution >= 4 is 0 Å². The van der Waals surface area contributed by atoms with E-state index in [2.05, 4.69) is 23.7 Å². The van der Waals surface area contributed by atoms with Gasteiger partial charge in [0.15, 0.2) is 0 Å². The third-order valence-corrected chi connectivity index (χ3v) is 3.13. The molecule has 0 spiro atoms. The van der Waals surface area contributed by atoms with Gasteiger partial charge in [-0.3, -0.25) is 4.90 Å². The lowest BCUT2D eigenvalue weighted by Gasteiger charge is -2.21. The van der Waals surface area contributed by atoms with Crippen LogP contribution >= 0.6 is 0 Å². The van der Waals surface area contributed by atoms with Crippen LogP contribution in [0.25, 0.3) is 0 Å². The van der Waals surface area contributed by atoms with Gasteiger partial charge in [0.1, 0.15) is 5.82 Å². The van der Waals surface area contributed by atoms with Crippen molar-refractivity contribution < 1.29 is 14.2 Å². The third kappa shape index (κ3) is 6.72. The van der Waals surface area contributed by atoms with Gasteiger partial charge in [0.25, 0.3) is 0 Å². The molecular formula is C17H24FNO2. The first kappa shape index (κ1) is 17.6. The van der Waals surface area contributed by atoms with E-state index in [0.717, 1.165) is 18.7 Å². The maximum absolute atomic E-state index is 13.4. The van der Waals surface area contributed by atoms with Crippen molar-refractivity contribution in [2.45, 2.75) is 26.8 Å². The minimum Gasteiger partial charge on any atom is -0.395 e. The highest BCUT2D eigenvalue weighted by molar-refractivity contribution is 5.41. The van der Waals surface area contributed by atoms with Gasteiger partial charge >= 0.3 is 0 Å². The van der Waals surface area contributed by atoms with E-state index in [4.69, 9.17) is 9.84 Å². The Balaban J connectivity index is 2.78. The summed E-state index contributed by atoms with van der Waals surface area (Å²) in [4.78, 5) is 2.24. The van der Waals surface area contributed by atoms with Crippen molar-refractivity contribution in [3.8, 4) is 11.8 Å². The molecular weight excluding hydrogens is 269 g/mol. The second-order valence-corrected chi connectivity index (χ2v) is 4.64. The van der Waals surface area contributed by atoms with Gasteiger partial charge in [-0.05, 0) is 31.2 Å². The lowest BCUT2D eigenvalue weighted by Crippen LogP contribution is -2.27. The fraction of sp³-hybridized carbons (Fsp3) is 0.529. The van der Waals surface area contributed by atoms with Crippen LogP contribution in [0.2, 0.25) is 0 Å². The predicted molar refractivity (Wildman–Crippen MR) is 82.4 cm³/mol. The molecule has 0 saturated carbocycles. The van der Waals surface area contributed by atoms with E-state index in [0.29, 0.717) is 31.7 Å². The fourth-order valence-electron chi connectivity index (χ4n) is 1.94. The normalized spacial score (nSPS) is 10.5. The molecule has 21 heavy (non-hydrogen) atoms. The van der Waals surface area contributed by atoms with Gasteiger partial charge in [-0.25, -0.2) is 4.39 Å². The molecule has 4 heteroatoms. The highest BCUT2D eigenvalue weighted by Crippen LogP contribution is 2.13. The molecule has 1 aromatic carbocycles. The van der Waals surface area contributed by atoms with E-state index in [-0.39, 0.29) is 12.4 Å². The zero-order chi connectivity index (χ0) is 15.5. The van der Waals surface area contributed by atoms with Crippen molar-refractivity contribution in [2.24, 2.45) is 0 Å². The molecule has 0 unspecified atom stereocenters. The topological polar surface area (TPSA) is 32.7 Å². The number of likely N-dealkylation sites (N-methyl/N-ethyl adjacent to an activating group) is 1. The van der Waals surface area contributed by atoms with E-state index >= 15 is 0 Å². The monoisotopic (exact) mass is 293 g/mol. The quantitative estimate of drug-likeness (QED) is 0.590. The number of ether oxygens (including phenoxy) is 1. The molecule has 0 aliphatic rings. The Morgan fingerprint density at radius 3 is 2.81 bits per heavy atom. The summed E-state index contributed by atoms with van der Waals surface area (Å²) >= 11 is 0. The number of aliphatic hydroxyl groups excluding tert-OH is 1. The number of nitrogens with zero attached hydrogens (tertiary/aromatic N) is 1. The first-order chi connectivity index (χ1) is 10.2. The largest absolute Gasteiger partial charge is 0.395 e. The number of halogens is 1. The van der Waals surface area contributed by atoms with Gasteiger partial charge < -0.3 is 9.84 Å². The standard InChI is InChI=1S/C17H24FNO2/c1-3-19(10-12-21-4-2)14-16-8-9-17(18)13-15(16)7-5-6-11-20/h8-9,13,20H,3-4,6,10-12,14H2,1-2H3. The average Bonchev–Trinajstić information content (AvgIpc) is 2.49. The maximum atomic E-state index is 13.4. The second-order valence-electron chi connectivity index (χ2n) is 4.64. The molecule has 0 radical (unpaired) electrons. The average molecular weight is 293 g/mol. The molecule has 0 aliphatic carbocycles. The van der Waals surface area contributed by atoms with Gasteiger partial charge in [-0.1, -0.05) is 24.8 Å². The maximum Gasteiger partial charge on any atom is 0.124 e. The molecule has 1 rings (SSSR count). The number of benzene rings is 1. The lowest BCUT2D eigenvalue weighted by atomic mass is 10.1. The zero-order valence-electron chi connectivity index (χ0n) is 12.9. The molecule has 1 aromatic rings. The molecule has 0 heterocycles. The van der Waals surface area contributed by atoms with E-state index in [1.54, 1.807) is 6.07 Å². The molecule has 116 valence electrons. The van der Waals surface area contributed by atoms with Crippen LogP contribution in [-0.4, -0.2) is 42.9 Å². The summed E-state index contributed by atoms with van der Waals surface area (Å²) in [5.74, 6) is 5.51. The van der Waals surface area contributed by atoms with Crippen LogP contribution in [0.1, 0.15) is 31.4 Å². The van der Waals surface area contributed by atoms with E-state index in [1.165, 1.54) is 12.1 Å². The molecule has 0 aliphatic heterocycles. The van der Waals surface area contributed by atoms with E-state index in [9.17, 15) is 4.39 Å². The van der Waals surface area contributed by atoms with Gasteiger partial charge in [0, 0.05) is 31.7 Å².